The monoisotopic (exact) mass is 318 g/mol. The maximum Gasteiger partial charge on any atom is 0.230 e. The Morgan fingerprint density at radius 3 is 2.86 bits per heavy atom. The van der Waals surface area contributed by atoms with E-state index in [4.69, 9.17) is 0 Å². The Morgan fingerprint density at radius 2 is 2.23 bits per heavy atom. The molecule has 2 atom stereocenters. The summed E-state index contributed by atoms with van der Waals surface area (Å²) in [6, 6.07) is 4.21. The lowest BCUT2D eigenvalue weighted by Gasteiger charge is -2.39. The van der Waals surface area contributed by atoms with E-state index in [0.717, 1.165) is 23.8 Å². The number of likely N-dealkylation sites (N-methyl/N-ethyl adjacent to an activating group) is 1. The Bertz CT molecular complexity index is 636. The van der Waals surface area contributed by atoms with E-state index >= 15 is 0 Å². The fourth-order valence-electron chi connectivity index (χ4n) is 2.98. The highest BCUT2D eigenvalue weighted by Gasteiger charge is 2.32. The summed E-state index contributed by atoms with van der Waals surface area (Å²) in [4.78, 5) is 22.7. The predicted molar refractivity (Wildman–Crippen MR) is 87.9 cm³/mol. The van der Waals surface area contributed by atoms with Gasteiger partial charge in [-0.2, -0.15) is 0 Å². The van der Waals surface area contributed by atoms with Crippen LogP contribution < -0.4 is 0 Å². The van der Waals surface area contributed by atoms with E-state index < -0.39 is 0 Å². The van der Waals surface area contributed by atoms with Gasteiger partial charge in [-0.25, -0.2) is 4.98 Å². The van der Waals surface area contributed by atoms with E-state index in [1.807, 2.05) is 53.3 Å². The molecular formula is C16H22N4OS. The normalized spacial score (nSPS) is 21.0. The summed E-state index contributed by atoms with van der Waals surface area (Å²) in [6.07, 6.45) is 3.77. The first-order valence-corrected chi connectivity index (χ1v) is 8.45. The lowest BCUT2D eigenvalue weighted by atomic mass is 10.1. The van der Waals surface area contributed by atoms with Gasteiger partial charge in [-0.3, -0.25) is 9.69 Å². The van der Waals surface area contributed by atoms with Crippen molar-refractivity contribution in [1.29, 1.82) is 0 Å². The van der Waals surface area contributed by atoms with Crippen molar-refractivity contribution in [2.24, 2.45) is 7.05 Å². The van der Waals surface area contributed by atoms with E-state index in [2.05, 4.69) is 16.9 Å². The topological polar surface area (TPSA) is 41.4 Å². The second-order valence-electron chi connectivity index (χ2n) is 5.91. The third-order valence-corrected chi connectivity index (χ3v) is 5.51. The zero-order valence-electron chi connectivity index (χ0n) is 13.3. The molecule has 5 nitrogen and oxygen atoms in total. The van der Waals surface area contributed by atoms with Gasteiger partial charge < -0.3 is 9.47 Å². The maximum absolute atomic E-state index is 12.8. The largest absolute Gasteiger partial charge is 0.339 e. The molecule has 0 radical (unpaired) electrons. The molecule has 0 bridgehead atoms. The van der Waals surface area contributed by atoms with Gasteiger partial charge in [0.05, 0.1) is 12.0 Å². The van der Waals surface area contributed by atoms with E-state index in [0.29, 0.717) is 6.54 Å². The van der Waals surface area contributed by atoms with Crippen LogP contribution in [-0.2, 0) is 11.8 Å². The number of piperazine rings is 1. The third-order valence-electron chi connectivity index (χ3n) is 4.46. The summed E-state index contributed by atoms with van der Waals surface area (Å²) in [7, 11) is 4.11. The van der Waals surface area contributed by atoms with Crippen molar-refractivity contribution in [3.8, 4) is 0 Å². The highest BCUT2D eigenvalue weighted by atomic mass is 32.1. The molecule has 3 heterocycles. The highest BCUT2D eigenvalue weighted by Crippen LogP contribution is 2.27. The standard InChI is InChI=1S/C16H22N4OS/c1-12(14-5-4-10-22-14)16(21)20-9-8-18(2)13(11-20)15-17-6-7-19(15)3/h4-7,10,12-13H,8-9,11H2,1-3H3/t12-,13+/m1/s1. The number of thiophene rings is 1. The van der Waals surface area contributed by atoms with Gasteiger partial charge in [0.15, 0.2) is 0 Å². The van der Waals surface area contributed by atoms with Crippen LogP contribution in [0.5, 0.6) is 0 Å². The molecule has 0 aromatic carbocycles. The lowest BCUT2D eigenvalue weighted by Crippen LogP contribution is -2.50. The summed E-state index contributed by atoms with van der Waals surface area (Å²) in [6.45, 7) is 4.37. The Labute approximate surface area is 135 Å². The van der Waals surface area contributed by atoms with E-state index in [9.17, 15) is 4.79 Å². The van der Waals surface area contributed by atoms with Gasteiger partial charge in [-0.1, -0.05) is 6.07 Å². The quantitative estimate of drug-likeness (QED) is 0.870. The minimum Gasteiger partial charge on any atom is -0.339 e. The number of carbonyl (C=O) groups excluding carboxylic acids is 1. The molecule has 0 spiro atoms. The van der Waals surface area contributed by atoms with Crippen molar-refractivity contribution in [3.63, 3.8) is 0 Å². The first kappa shape index (κ1) is 15.2. The summed E-state index contributed by atoms with van der Waals surface area (Å²) >= 11 is 1.65. The summed E-state index contributed by atoms with van der Waals surface area (Å²) in [5.74, 6) is 1.17. The minimum absolute atomic E-state index is 0.0644. The number of hydrogen-bond donors (Lipinski definition) is 0. The maximum atomic E-state index is 12.8. The van der Waals surface area contributed by atoms with Crippen LogP contribution in [0.3, 0.4) is 0 Å². The number of imidazole rings is 1. The van der Waals surface area contributed by atoms with Gasteiger partial charge in [-0.05, 0) is 25.4 Å². The molecule has 0 saturated carbocycles. The van der Waals surface area contributed by atoms with Gasteiger partial charge in [0.2, 0.25) is 5.91 Å². The number of amides is 1. The highest BCUT2D eigenvalue weighted by molar-refractivity contribution is 7.10. The van der Waals surface area contributed by atoms with Crippen molar-refractivity contribution in [1.82, 2.24) is 19.4 Å². The Morgan fingerprint density at radius 1 is 1.41 bits per heavy atom. The van der Waals surface area contributed by atoms with Crippen molar-refractivity contribution < 1.29 is 4.79 Å². The second-order valence-corrected chi connectivity index (χ2v) is 6.89. The molecule has 2 aromatic heterocycles. The van der Waals surface area contributed by atoms with Gasteiger partial charge in [0.1, 0.15) is 5.82 Å². The van der Waals surface area contributed by atoms with Crippen molar-refractivity contribution in [2.75, 3.05) is 26.7 Å². The Balaban J connectivity index is 1.75. The van der Waals surface area contributed by atoms with Gasteiger partial charge >= 0.3 is 0 Å². The molecule has 1 saturated heterocycles. The van der Waals surface area contributed by atoms with Gasteiger partial charge in [0, 0.05) is 44.0 Å². The van der Waals surface area contributed by atoms with Crippen molar-refractivity contribution in [2.45, 2.75) is 18.9 Å². The predicted octanol–water partition coefficient (Wildman–Crippen LogP) is 2.10. The zero-order valence-corrected chi connectivity index (χ0v) is 14.1. The van der Waals surface area contributed by atoms with Crippen LogP contribution in [0.25, 0.3) is 0 Å². The first-order chi connectivity index (χ1) is 10.6. The molecule has 0 unspecified atom stereocenters. The molecule has 1 fully saturated rings. The van der Waals surface area contributed by atoms with Gasteiger partial charge in [0.25, 0.3) is 0 Å². The fraction of sp³-hybridized carbons (Fsp3) is 0.500. The molecule has 1 amide bonds. The number of aryl methyl sites for hydroxylation is 1. The first-order valence-electron chi connectivity index (χ1n) is 7.57. The van der Waals surface area contributed by atoms with Crippen LogP contribution in [0.1, 0.15) is 29.6 Å². The number of hydrogen-bond acceptors (Lipinski definition) is 4. The van der Waals surface area contributed by atoms with Crippen LogP contribution >= 0.6 is 11.3 Å². The molecular weight excluding hydrogens is 296 g/mol. The average Bonchev–Trinajstić information content (AvgIpc) is 3.18. The van der Waals surface area contributed by atoms with Crippen molar-refractivity contribution >= 4 is 17.2 Å². The smallest absolute Gasteiger partial charge is 0.230 e. The summed E-state index contributed by atoms with van der Waals surface area (Å²) < 4.78 is 2.04. The molecule has 0 N–H and O–H groups in total. The number of aromatic nitrogens is 2. The molecule has 0 aliphatic carbocycles. The van der Waals surface area contributed by atoms with Gasteiger partial charge in [-0.15, -0.1) is 11.3 Å². The fourth-order valence-corrected chi connectivity index (χ4v) is 3.76. The van der Waals surface area contributed by atoms with Crippen LogP contribution in [0, 0.1) is 0 Å². The molecule has 3 rings (SSSR count). The zero-order chi connectivity index (χ0) is 15.7. The Kier molecular flexibility index (Phi) is 4.31. The summed E-state index contributed by atoms with van der Waals surface area (Å²) in [5.41, 5.74) is 0. The Hall–Kier alpha value is -1.66. The molecule has 6 heteroatoms. The van der Waals surface area contributed by atoms with Crippen LogP contribution in [0.2, 0.25) is 0 Å². The van der Waals surface area contributed by atoms with Crippen LogP contribution in [-0.4, -0.2) is 51.9 Å². The molecule has 1 aliphatic heterocycles. The lowest BCUT2D eigenvalue weighted by molar-refractivity contribution is -0.135. The van der Waals surface area contributed by atoms with Crippen LogP contribution in [0.4, 0.5) is 0 Å². The third kappa shape index (κ3) is 2.80. The second kappa shape index (κ2) is 6.22. The minimum atomic E-state index is -0.0644. The SMILES string of the molecule is C[C@@H](C(=O)N1CCN(C)[C@H](c2nccn2C)C1)c1cccs1. The van der Waals surface area contributed by atoms with E-state index in [1.165, 1.54) is 0 Å². The average molecular weight is 318 g/mol. The molecule has 2 aromatic rings. The molecule has 1 aliphatic rings. The van der Waals surface area contributed by atoms with E-state index in [1.54, 1.807) is 11.3 Å². The van der Waals surface area contributed by atoms with E-state index in [-0.39, 0.29) is 17.9 Å². The van der Waals surface area contributed by atoms with Crippen LogP contribution in [0.15, 0.2) is 29.9 Å². The molecule has 22 heavy (non-hydrogen) atoms. The number of rotatable bonds is 3. The van der Waals surface area contributed by atoms with Crippen molar-refractivity contribution in [3.05, 3.63) is 40.6 Å². The number of nitrogens with zero attached hydrogens (tertiary/aromatic N) is 4. The summed E-state index contributed by atoms with van der Waals surface area (Å²) in [5, 5.41) is 2.03. The molecule has 118 valence electrons. The number of carbonyl (C=O) groups is 1.